The summed E-state index contributed by atoms with van der Waals surface area (Å²) in [6, 6.07) is 5.80. The second-order valence-electron chi connectivity index (χ2n) is 3.75. The van der Waals surface area contributed by atoms with Crippen LogP contribution in [-0.2, 0) is 0 Å². The Morgan fingerprint density at radius 1 is 1.45 bits per heavy atom. The zero-order valence-corrected chi connectivity index (χ0v) is 11.8. The predicted octanol–water partition coefficient (Wildman–Crippen LogP) is 3.10. The van der Waals surface area contributed by atoms with Gasteiger partial charge in [0.2, 0.25) is 0 Å². The summed E-state index contributed by atoms with van der Waals surface area (Å²) in [7, 11) is 0. The number of thiophene rings is 1. The Labute approximate surface area is 124 Å². The van der Waals surface area contributed by atoms with Crippen molar-refractivity contribution in [3.63, 3.8) is 0 Å². The van der Waals surface area contributed by atoms with Crippen LogP contribution in [-0.4, -0.2) is 12.5 Å². The fourth-order valence-corrected chi connectivity index (χ4v) is 2.52. The average Bonchev–Trinajstić information content (AvgIpc) is 2.85. The summed E-state index contributed by atoms with van der Waals surface area (Å²) >= 11 is 7.11. The summed E-state index contributed by atoms with van der Waals surface area (Å²) in [4.78, 5) is 12.4. The molecule has 0 saturated carbocycles. The van der Waals surface area contributed by atoms with Crippen molar-refractivity contribution in [1.82, 2.24) is 0 Å². The summed E-state index contributed by atoms with van der Waals surface area (Å²) in [5.74, 6) is 4.38. The fourth-order valence-electron chi connectivity index (χ4n) is 1.49. The molecule has 0 aliphatic carbocycles. The molecule has 102 valence electrons. The Morgan fingerprint density at radius 2 is 2.25 bits per heavy atom. The summed E-state index contributed by atoms with van der Waals surface area (Å²) in [6.45, 7) is 0.140. The van der Waals surface area contributed by atoms with E-state index in [0.29, 0.717) is 15.6 Å². The van der Waals surface area contributed by atoms with Crippen LogP contribution in [0.3, 0.4) is 0 Å². The van der Waals surface area contributed by atoms with Gasteiger partial charge in [-0.3, -0.25) is 4.79 Å². The highest BCUT2D eigenvalue weighted by Gasteiger charge is 2.12. The van der Waals surface area contributed by atoms with Gasteiger partial charge in [-0.25, -0.2) is 4.39 Å². The van der Waals surface area contributed by atoms with Crippen LogP contribution in [0.5, 0.6) is 0 Å². The number of rotatable bonds is 2. The van der Waals surface area contributed by atoms with E-state index in [1.807, 2.05) is 0 Å². The monoisotopic (exact) mass is 308 g/mol. The highest BCUT2D eigenvalue weighted by molar-refractivity contribution is 7.12. The molecule has 0 fully saturated rings. The lowest BCUT2D eigenvalue weighted by Crippen LogP contribution is -2.10. The average molecular weight is 309 g/mol. The van der Waals surface area contributed by atoms with Crippen molar-refractivity contribution in [1.29, 1.82) is 0 Å². The van der Waals surface area contributed by atoms with Crippen LogP contribution in [0, 0.1) is 17.7 Å². The fraction of sp³-hybridized carbons (Fsp3) is 0.0714. The number of hydrogen-bond acceptors (Lipinski definition) is 3. The number of nitrogens with two attached hydrogens (primary N) is 1. The second kappa shape index (κ2) is 6.53. The van der Waals surface area contributed by atoms with Crippen molar-refractivity contribution in [2.75, 3.05) is 11.9 Å². The number of nitrogens with one attached hydrogen (secondary N) is 1. The van der Waals surface area contributed by atoms with Crippen LogP contribution in [0.25, 0.3) is 0 Å². The molecule has 2 rings (SSSR count). The molecule has 0 aliphatic rings. The van der Waals surface area contributed by atoms with E-state index in [1.54, 1.807) is 11.4 Å². The van der Waals surface area contributed by atoms with Crippen molar-refractivity contribution in [3.05, 3.63) is 50.9 Å². The normalized spacial score (nSPS) is 9.75. The molecule has 0 unspecified atom stereocenters. The van der Waals surface area contributed by atoms with Gasteiger partial charge in [0.05, 0.1) is 17.1 Å². The predicted molar refractivity (Wildman–Crippen MR) is 79.6 cm³/mol. The third kappa shape index (κ3) is 3.36. The number of anilines is 1. The van der Waals surface area contributed by atoms with Crippen LogP contribution in [0.1, 0.15) is 15.2 Å². The molecule has 1 heterocycles. The van der Waals surface area contributed by atoms with Gasteiger partial charge < -0.3 is 11.1 Å². The molecule has 1 aromatic heterocycles. The molecule has 0 atom stereocenters. The van der Waals surface area contributed by atoms with E-state index >= 15 is 0 Å². The minimum absolute atomic E-state index is 0.140. The number of hydrogen-bond donors (Lipinski definition) is 2. The molecule has 1 amide bonds. The van der Waals surface area contributed by atoms with Crippen LogP contribution >= 0.6 is 22.9 Å². The Balaban J connectivity index is 2.22. The molecule has 0 bridgehead atoms. The lowest BCUT2D eigenvalue weighted by molar-refractivity contribution is 0.103. The second-order valence-corrected chi connectivity index (χ2v) is 5.08. The number of carbonyl (C=O) groups excluding carboxylic acids is 1. The Morgan fingerprint density at radius 3 is 2.90 bits per heavy atom. The first-order valence-corrected chi connectivity index (χ1v) is 6.90. The summed E-state index contributed by atoms with van der Waals surface area (Å²) in [5.41, 5.74) is 5.88. The molecule has 0 spiro atoms. The smallest absolute Gasteiger partial charge is 0.267 e. The number of carbonyl (C=O) groups is 1. The van der Waals surface area contributed by atoms with Gasteiger partial charge in [0.1, 0.15) is 10.7 Å². The van der Waals surface area contributed by atoms with E-state index in [9.17, 15) is 9.18 Å². The van der Waals surface area contributed by atoms with Crippen LogP contribution in [0.15, 0.2) is 29.6 Å². The molecular weight excluding hydrogens is 299 g/mol. The molecule has 1 aromatic carbocycles. The summed E-state index contributed by atoms with van der Waals surface area (Å²) in [6.07, 6.45) is 0. The molecule has 0 aliphatic heterocycles. The summed E-state index contributed by atoms with van der Waals surface area (Å²) in [5, 5.41) is 4.76. The van der Waals surface area contributed by atoms with E-state index < -0.39 is 5.82 Å². The zero-order valence-electron chi connectivity index (χ0n) is 10.2. The van der Waals surface area contributed by atoms with Crippen molar-refractivity contribution in [3.8, 4) is 11.8 Å². The van der Waals surface area contributed by atoms with Gasteiger partial charge in [-0.15, -0.1) is 11.3 Å². The maximum atomic E-state index is 13.5. The number of benzene rings is 1. The molecule has 3 nitrogen and oxygen atoms in total. The molecule has 0 saturated heterocycles. The van der Waals surface area contributed by atoms with E-state index in [0.717, 1.165) is 0 Å². The highest BCUT2D eigenvalue weighted by Crippen LogP contribution is 2.23. The zero-order chi connectivity index (χ0) is 14.5. The minimum atomic E-state index is -0.460. The van der Waals surface area contributed by atoms with Crippen LogP contribution in [0.2, 0.25) is 5.02 Å². The maximum absolute atomic E-state index is 13.5. The molecule has 6 heteroatoms. The topological polar surface area (TPSA) is 55.1 Å². The standard InChI is InChI=1S/C14H10ClFN2OS/c15-11-5-7-20-13(11)14(19)18-10-3-4-12(16)9(8-10)2-1-6-17/h3-5,7-8H,6,17H2,(H,18,19). The first kappa shape index (κ1) is 14.5. The van der Waals surface area contributed by atoms with E-state index in [2.05, 4.69) is 17.2 Å². The van der Waals surface area contributed by atoms with Crippen LogP contribution in [0.4, 0.5) is 10.1 Å². The highest BCUT2D eigenvalue weighted by atomic mass is 35.5. The first-order chi connectivity index (χ1) is 9.61. The first-order valence-electron chi connectivity index (χ1n) is 5.64. The largest absolute Gasteiger partial charge is 0.321 e. The van der Waals surface area contributed by atoms with Gasteiger partial charge >= 0.3 is 0 Å². The number of halogens is 2. The van der Waals surface area contributed by atoms with Crippen molar-refractivity contribution in [2.45, 2.75) is 0 Å². The Hall–Kier alpha value is -1.87. The minimum Gasteiger partial charge on any atom is -0.321 e. The number of amides is 1. The van der Waals surface area contributed by atoms with Crippen molar-refractivity contribution >= 4 is 34.5 Å². The van der Waals surface area contributed by atoms with Gasteiger partial charge in [0, 0.05) is 5.69 Å². The lowest BCUT2D eigenvalue weighted by atomic mass is 10.2. The van der Waals surface area contributed by atoms with Crippen molar-refractivity contribution < 1.29 is 9.18 Å². The lowest BCUT2D eigenvalue weighted by Gasteiger charge is -2.05. The molecule has 3 N–H and O–H groups in total. The molecular formula is C14H10ClFN2OS. The quantitative estimate of drug-likeness (QED) is 0.838. The molecule has 0 radical (unpaired) electrons. The Bertz CT molecular complexity index is 703. The van der Waals surface area contributed by atoms with Gasteiger partial charge in [-0.2, -0.15) is 0 Å². The van der Waals surface area contributed by atoms with Gasteiger partial charge in [0.25, 0.3) is 5.91 Å². The van der Waals surface area contributed by atoms with Gasteiger partial charge in [-0.05, 0) is 29.6 Å². The molecule has 2 aromatic rings. The van der Waals surface area contributed by atoms with Gasteiger partial charge in [-0.1, -0.05) is 23.4 Å². The summed E-state index contributed by atoms with van der Waals surface area (Å²) < 4.78 is 13.5. The van der Waals surface area contributed by atoms with E-state index in [1.165, 1.54) is 29.5 Å². The Kier molecular flexibility index (Phi) is 4.74. The maximum Gasteiger partial charge on any atom is 0.267 e. The molecule has 20 heavy (non-hydrogen) atoms. The van der Waals surface area contributed by atoms with E-state index in [4.69, 9.17) is 17.3 Å². The van der Waals surface area contributed by atoms with Crippen LogP contribution < -0.4 is 11.1 Å². The van der Waals surface area contributed by atoms with E-state index in [-0.39, 0.29) is 18.0 Å². The van der Waals surface area contributed by atoms with Crippen molar-refractivity contribution in [2.24, 2.45) is 5.73 Å². The SMILES string of the molecule is NCC#Cc1cc(NC(=O)c2sccc2Cl)ccc1F. The van der Waals surface area contributed by atoms with Gasteiger partial charge in [0.15, 0.2) is 0 Å². The third-order valence-electron chi connectivity index (χ3n) is 2.37. The third-order valence-corrected chi connectivity index (χ3v) is 3.71.